The highest BCUT2D eigenvalue weighted by Crippen LogP contribution is 2.60. The summed E-state index contributed by atoms with van der Waals surface area (Å²) in [5.41, 5.74) is 8.51. The van der Waals surface area contributed by atoms with Gasteiger partial charge in [-0.3, -0.25) is 4.68 Å². The highest BCUT2D eigenvalue weighted by atomic mass is 17.3. The second-order valence-electron chi connectivity index (χ2n) is 9.87. The average molecular weight is 449 g/mol. The molecule has 11 heteroatoms. The minimum Gasteiger partial charge on any atom is -0.346 e. The summed E-state index contributed by atoms with van der Waals surface area (Å²) in [6, 6.07) is 0. The van der Waals surface area contributed by atoms with E-state index in [-0.39, 0.29) is 11.8 Å². The fourth-order valence-electron chi connectivity index (χ4n) is 6.09. The Kier molecular flexibility index (Phi) is 5.90. The van der Waals surface area contributed by atoms with E-state index in [0.29, 0.717) is 38.0 Å². The number of aromatic nitrogens is 3. The minimum absolute atomic E-state index is 0.120. The Labute approximate surface area is 187 Å². The van der Waals surface area contributed by atoms with Gasteiger partial charge in [-0.2, -0.15) is 0 Å². The lowest BCUT2D eigenvalue weighted by atomic mass is 9.58. The molecule has 0 aromatic carbocycles. The van der Waals surface area contributed by atoms with E-state index in [1.165, 1.54) is 0 Å². The number of hydrogen-bond acceptors (Lipinski definition) is 8. The number of ether oxygens (including phenoxy) is 3. The summed E-state index contributed by atoms with van der Waals surface area (Å²) in [5, 5.41) is 11.9. The molecule has 5 fully saturated rings. The molecule has 32 heavy (non-hydrogen) atoms. The molecule has 1 aromatic rings. The summed E-state index contributed by atoms with van der Waals surface area (Å²) in [6.45, 7) is 7.77. The van der Waals surface area contributed by atoms with Gasteiger partial charge >= 0.3 is 0 Å². The van der Waals surface area contributed by atoms with Gasteiger partial charge in [0.25, 0.3) is 0 Å². The van der Waals surface area contributed by atoms with E-state index in [0.717, 1.165) is 31.4 Å². The van der Waals surface area contributed by atoms with E-state index in [4.69, 9.17) is 29.5 Å². The third-order valence-corrected chi connectivity index (χ3v) is 7.79. The molecule has 4 aliphatic heterocycles. The van der Waals surface area contributed by atoms with Crippen molar-refractivity contribution < 1.29 is 24.0 Å². The molecule has 5 aliphatic rings. The second-order valence-corrected chi connectivity index (χ2v) is 9.87. The maximum Gasteiger partial charge on any atom is 0.201 e. The number of azide groups is 1. The Morgan fingerprint density at radius 2 is 2.16 bits per heavy atom. The Balaban J connectivity index is 1.28. The van der Waals surface area contributed by atoms with Crippen LogP contribution in [-0.4, -0.2) is 45.5 Å². The Morgan fingerprint density at radius 3 is 3.00 bits per heavy atom. The molecule has 1 unspecified atom stereocenters. The van der Waals surface area contributed by atoms with Crippen LogP contribution in [0.15, 0.2) is 11.3 Å². The molecular formula is C21H32N6O5. The normalized spacial score (nSPS) is 42.7. The first-order valence-corrected chi connectivity index (χ1v) is 11.7. The first kappa shape index (κ1) is 22.1. The Bertz CT molecular complexity index is 877. The predicted octanol–water partition coefficient (Wildman–Crippen LogP) is 3.70. The molecule has 1 saturated carbocycles. The van der Waals surface area contributed by atoms with Gasteiger partial charge in [-0.25, -0.2) is 9.78 Å². The summed E-state index contributed by atoms with van der Waals surface area (Å²) >= 11 is 0. The van der Waals surface area contributed by atoms with Crippen LogP contribution in [-0.2, 0) is 37.1 Å². The third kappa shape index (κ3) is 3.70. The molecule has 0 amide bonds. The van der Waals surface area contributed by atoms with Gasteiger partial charge in [0.15, 0.2) is 18.2 Å². The molecule has 2 bridgehead atoms. The molecule has 5 heterocycles. The molecule has 11 nitrogen and oxygen atoms in total. The van der Waals surface area contributed by atoms with E-state index in [9.17, 15) is 0 Å². The van der Waals surface area contributed by atoms with Crippen LogP contribution in [0, 0.1) is 23.7 Å². The van der Waals surface area contributed by atoms with Gasteiger partial charge in [0.1, 0.15) is 5.69 Å². The topological polar surface area (TPSA) is 126 Å². The van der Waals surface area contributed by atoms with Crippen molar-refractivity contribution >= 4 is 0 Å². The quantitative estimate of drug-likeness (QED) is 0.205. The Morgan fingerprint density at radius 1 is 1.28 bits per heavy atom. The van der Waals surface area contributed by atoms with Crippen LogP contribution < -0.4 is 0 Å². The van der Waals surface area contributed by atoms with Crippen LogP contribution in [0.25, 0.3) is 10.4 Å². The van der Waals surface area contributed by atoms with Crippen LogP contribution in [0.3, 0.4) is 0 Å². The van der Waals surface area contributed by atoms with Crippen molar-refractivity contribution in [3.05, 3.63) is 22.3 Å². The van der Waals surface area contributed by atoms with Crippen molar-refractivity contribution in [3.63, 3.8) is 0 Å². The summed E-state index contributed by atoms with van der Waals surface area (Å²) in [7, 11) is 0. The van der Waals surface area contributed by atoms with Crippen molar-refractivity contribution in [2.24, 2.45) is 28.8 Å². The van der Waals surface area contributed by atoms with Crippen molar-refractivity contribution in [2.45, 2.75) is 90.0 Å². The zero-order chi connectivity index (χ0) is 22.3. The van der Waals surface area contributed by atoms with Crippen LogP contribution in [0.1, 0.15) is 58.6 Å². The van der Waals surface area contributed by atoms with Crippen LogP contribution >= 0.6 is 0 Å². The van der Waals surface area contributed by atoms with Crippen molar-refractivity contribution in [2.75, 3.05) is 6.54 Å². The molecule has 1 spiro atoms. The largest absolute Gasteiger partial charge is 0.346 e. The number of nitrogens with zero attached hydrogens (tertiary/aromatic N) is 6. The molecule has 8 atom stereocenters. The molecule has 6 rings (SSSR count). The monoisotopic (exact) mass is 448 g/mol. The standard InChI is InChI=1S/C21H32N6O5/c1-13-5-6-17-14(2)18(28-12-15-11-27(26-24-15)10-4-9-23-25-22)29-19-21(17)16(13)7-8-20(3,30-19)31-32-21/h11,13-14,16-19H,4-10,12H2,1-3H3/t13-,14-,16+,17+,18-,19-,20?,21-/m1/s1. The lowest BCUT2D eigenvalue weighted by molar-refractivity contribution is -0.577. The molecular weight excluding hydrogens is 416 g/mol. The van der Waals surface area contributed by atoms with E-state index in [1.807, 2.05) is 13.1 Å². The minimum atomic E-state index is -0.791. The number of hydrogen-bond donors (Lipinski definition) is 0. The van der Waals surface area contributed by atoms with Gasteiger partial charge in [0, 0.05) is 36.3 Å². The molecule has 1 aliphatic carbocycles. The summed E-state index contributed by atoms with van der Waals surface area (Å²) < 4.78 is 20.7. The van der Waals surface area contributed by atoms with Crippen molar-refractivity contribution in [1.29, 1.82) is 0 Å². The van der Waals surface area contributed by atoms with E-state index < -0.39 is 24.0 Å². The fraction of sp³-hybridized carbons (Fsp3) is 0.905. The molecule has 0 radical (unpaired) electrons. The maximum atomic E-state index is 8.36. The van der Waals surface area contributed by atoms with E-state index >= 15 is 0 Å². The first-order valence-electron chi connectivity index (χ1n) is 11.7. The van der Waals surface area contributed by atoms with Gasteiger partial charge in [0.2, 0.25) is 5.79 Å². The van der Waals surface area contributed by atoms with Gasteiger partial charge in [-0.1, -0.05) is 24.2 Å². The van der Waals surface area contributed by atoms with Crippen molar-refractivity contribution in [1.82, 2.24) is 15.0 Å². The second kappa shape index (κ2) is 8.55. The van der Waals surface area contributed by atoms with Gasteiger partial charge in [0.05, 0.1) is 12.8 Å². The highest BCUT2D eigenvalue weighted by Gasteiger charge is 2.69. The number of aryl methyl sites for hydroxylation is 1. The Hall–Kier alpha value is -1.75. The number of rotatable bonds is 7. The molecule has 1 aromatic heterocycles. The summed E-state index contributed by atoms with van der Waals surface area (Å²) in [5.74, 6) is 0.426. The van der Waals surface area contributed by atoms with E-state index in [2.05, 4.69) is 34.2 Å². The maximum absolute atomic E-state index is 8.36. The number of fused-ring (bicyclic) bond motifs is 2. The third-order valence-electron chi connectivity index (χ3n) is 7.79. The lowest BCUT2D eigenvalue weighted by Gasteiger charge is -2.60. The molecule has 0 N–H and O–H groups in total. The zero-order valence-corrected chi connectivity index (χ0v) is 18.9. The van der Waals surface area contributed by atoms with Crippen LogP contribution in [0.2, 0.25) is 0 Å². The zero-order valence-electron chi connectivity index (χ0n) is 18.9. The van der Waals surface area contributed by atoms with Gasteiger partial charge < -0.3 is 14.2 Å². The SMILES string of the molecule is C[C@H]1[C@H](OCc2cn(CCCN=[N+]=[N-])nn2)O[C@@H]2OC3(C)CC[C@H]4[C@H](C)CC[C@@H]1[C@@]24OO3. The first-order chi connectivity index (χ1) is 15.4. The predicted molar refractivity (Wildman–Crippen MR) is 110 cm³/mol. The summed E-state index contributed by atoms with van der Waals surface area (Å²) in [6.07, 6.45) is 5.61. The molecule has 4 saturated heterocycles. The van der Waals surface area contributed by atoms with Crippen LogP contribution in [0.4, 0.5) is 0 Å². The highest BCUT2D eigenvalue weighted by molar-refractivity contribution is 5.09. The fourth-order valence-corrected chi connectivity index (χ4v) is 6.09. The van der Waals surface area contributed by atoms with Crippen molar-refractivity contribution in [3.8, 4) is 0 Å². The molecule has 176 valence electrons. The lowest BCUT2D eigenvalue weighted by Crippen LogP contribution is -2.70. The van der Waals surface area contributed by atoms with E-state index in [1.54, 1.807) is 4.68 Å². The average Bonchev–Trinajstić information content (AvgIpc) is 3.11. The summed E-state index contributed by atoms with van der Waals surface area (Å²) in [4.78, 5) is 14.8. The smallest absolute Gasteiger partial charge is 0.201 e. The van der Waals surface area contributed by atoms with Gasteiger partial charge in [-0.05, 0) is 50.0 Å². The van der Waals surface area contributed by atoms with Gasteiger partial charge in [-0.15, -0.1) is 5.10 Å². The van der Waals surface area contributed by atoms with Crippen LogP contribution in [0.5, 0.6) is 0 Å².